The van der Waals surface area contributed by atoms with Crippen molar-refractivity contribution in [3.63, 3.8) is 0 Å². The third kappa shape index (κ3) is 2.89. The summed E-state index contributed by atoms with van der Waals surface area (Å²) in [6.07, 6.45) is 2.24. The number of rotatable bonds is 4. The van der Waals surface area contributed by atoms with Crippen LogP contribution in [0.5, 0.6) is 0 Å². The first-order valence-corrected chi connectivity index (χ1v) is 5.73. The molecule has 3 N–H and O–H groups in total. The summed E-state index contributed by atoms with van der Waals surface area (Å²) in [5.41, 5.74) is 6.66. The largest absolute Gasteiger partial charge is 0.481 e. The van der Waals surface area contributed by atoms with Crippen LogP contribution < -0.4 is 11.2 Å². The molecule has 5 heteroatoms. The number of aliphatic carboxylic acids is 1. The maximum atomic E-state index is 12.3. The molecule has 0 radical (unpaired) electrons. The Labute approximate surface area is 109 Å². The fourth-order valence-electron chi connectivity index (χ4n) is 1.81. The van der Waals surface area contributed by atoms with Crippen LogP contribution >= 0.6 is 0 Å². The maximum Gasteiger partial charge on any atom is 0.305 e. The minimum atomic E-state index is -1.06. The number of hydrogen-bond donors (Lipinski definition) is 2. The summed E-state index contributed by atoms with van der Waals surface area (Å²) in [5, 5.41) is 8.71. The van der Waals surface area contributed by atoms with Crippen molar-refractivity contribution in [1.82, 2.24) is 0 Å². The van der Waals surface area contributed by atoms with E-state index in [0.29, 0.717) is 11.1 Å². The van der Waals surface area contributed by atoms with E-state index in [1.54, 1.807) is 24.3 Å². The quantitative estimate of drug-likeness (QED) is 0.872. The Morgan fingerprint density at radius 1 is 1.26 bits per heavy atom. The van der Waals surface area contributed by atoms with E-state index in [1.807, 2.05) is 6.07 Å². The molecule has 2 rings (SSSR count). The molecule has 1 aromatic heterocycles. The Kier molecular flexibility index (Phi) is 3.77. The first-order chi connectivity index (χ1) is 9.09. The molecular weight excluding hydrogens is 246 g/mol. The molecule has 1 atom stereocenters. The fraction of sp³-hybridized carbons (Fsp3) is 0.143. The Morgan fingerprint density at radius 2 is 1.95 bits per heavy atom. The van der Waals surface area contributed by atoms with Crippen LogP contribution in [0.3, 0.4) is 0 Å². The molecule has 0 amide bonds. The lowest BCUT2D eigenvalue weighted by Crippen LogP contribution is -2.23. The van der Waals surface area contributed by atoms with Crippen LogP contribution in [0.4, 0.5) is 0 Å². The van der Waals surface area contributed by atoms with Crippen LogP contribution in [0.1, 0.15) is 18.0 Å². The highest BCUT2D eigenvalue weighted by Gasteiger charge is 2.17. The van der Waals surface area contributed by atoms with Crippen LogP contribution in [-0.4, -0.2) is 11.1 Å². The van der Waals surface area contributed by atoms with Gasteiger partial charge >= 0.3 is 5.97 Å². The van der Waals surface area contributed by atoms with E-state index in [-0.39, 0.29) is 17.4 Å². The average molecular weight is 259 g/mol. The predicted octanol–water partition coefficient (Wildman–Crippen LogP) is 1.78. The molecule has 0 fully saturated rings. The number of hydrogen-bond acceptors (Lipinski definition) is 4. The first kappa shape index (κ1) is 13.0. The Morgan fingerprint density at radius 3 is 2.58 bits per heavy atom. The molecule has 5 nitrogen and oxygen atoms in total. The molecule has 1 heterocycles. The van der Waals surface area contributed by atoms with Gasteiger partial charge in [-0.1, -0.05) is 30.3 Å². The maximum absolute atomic E-state index is 12.3. The third-order valence-electron chi connectivity index (χ3n) is 2.77. The standard InChI is InChI=1S/C14H13NO4/c15-12(6-13(16)17)11-8-19-7-10(14(11)18)9-4-2-1-3-5-9/h1-5,7-8,12H,6,15H2,(H,16,17). The zero-order valence-electron chi connectivity index (χ0n) is 10.1. The second kappa shape index (κ2) is 5.49. The molecular formula is C14H13NO4. The molecule has 0 saturated heterocycles. The van der Waals surface area contributed by atoms with E-state index in [1.165, 1.54) is 12.5 Å². The lowest BCUT2D eigenvalue weighted by Gasteiger charge is -2.09. The minimum absolute atomic E-state index is 0.170. The lowest BCUT2D eigenvalue weighted by atomic mass is 10.0. The number of carbonyl (C=O) groups is 1. The van der Waals surface area contributed by atoms with Crippen LogP contribution in [0.2, 0.25) is 0 Å². The van der Waals surface area contributed by atoms with Crippen molar-refractivity contribution < 1.29 is 14.3 Å². The number of carboxylic acid groups (broad SMARTS) is 1. The average Bonchev–Trinajstić information content (AvgIpc) is 2.39. The lowest BCUT2D eigenvalue weighted by molar-refractivity contribution is -0.137. The van der Waals surface area contributed by atoms with E-state index >= 15 is 0 Å². The minimum Gasteiger partial charge on any atom is -0.481 e. The number of benzene rings is 1. The highest BCUT2D eigenvalue weighted by atomic mass is 16.4. The molecule has 0 bridgehead atoms. The van der Waals surface area contributed by atoms with Crippen molar-refractivity contribution in [3.8, 4) is 11.1 Å². The van der Waals surface area contributed by atoms with Crippen LogP contribution in [-0.2, 0) is 4.79 Å². The molecule has 2 aromatic rings. The zero-order chi connectivity index (χ0) is 13.8. The van der Waals surface area contributed by atoms with Gasteiger partial charge in [-0.2, -0.15) is 0 Å². The summed E-state index contributed by atoms with van der Waals surface area (Å²) in [5.74, 6) is -1.06. The predicted molar refractivity (Wildman–Crippen MR) is 69.6 cm³/mol. The summed E-state index contributed by atoms with van der Waals surface area (Å²) in [7, 11) is 0. The van der Waals surface area contributed by atoms with Gasteiger partial charge in [0.15, 0.2) is 5.43 Å². The van der Waals surface area contributed by atoms with Gasteiger partial charge in [-0.25, -0.2) is 0 Å². The van der Waals surface area contributed by atoms with Crippen LogP contribution in [0.25, 0.3) is 11.1 Å². The Balaban J connectivity index is 2.44. The molecule has 1 unspecified atom stereocenters. The molecule has 0 saturated carbocycles. The van der Waals surface area contributed by atoms with Gasteiger partial charge in [-0.3, -0.25) is 9.59 Å². The third-order valence-corrected chi connectivity index (χ3v) is 2.77. The summed E-state index contributed by atoms with van der Waals surface area (Å²) in [6, 6.07) is 8.12. The first-order valence-electron chi connectivity index (χ1n) is 5.73. The van der Waals surface area contributed by atoms with Crippen molar-refractivity contribution in [2.45, 2.75) is 12.5 Å². The van der Waals surface area contributed by atoms with E-state index < -0.39 is 12.0 Å². The monoisotopic (exact) mass is 259 g/mol. The molecule has 98 valence electrons. The highest BCUT2D eigenvalue weighted by Crippen LogP contribution is 2.18. The van der Waals surface area contributed by atoms with Gasteiger partial charge in [0.1, 0.15) is 6.26 Å². The highest BCUT2D eigenvalue weighted by molar-refractivity contribution is 5.68. The molecule has 19 heavy (non-hydrogen) atoms. The van der Waals surface area contributed by atoms with Crippen molar-refractivity contribution >= 4 is 5.97 Å². The summed E-state index contributed by atoms with van der Waals surface area (Å²) >= 11 is 0. The van der Waals surface area contributed by atoms with Gasteiger partial charge in [0.05, 0.1) is 23.8 Å². The number of carboxylic acids is 1. The van der Waals surface area contributed by atoms with Crippen molar-refractivity contribution in [3.05, 3.63) is 58.6 Å². The fourth-order valence-corrected chi connectivity index (χ4v) is 1.81. The molecule has 0 aliphatic carbocycles. The van der Waals surface area contributed by atoms with Crippen molar-refractivity contribution in [2.75, 3.05) is 0 Å². The summed E-state index contributed by atoms with van der Waals surface area (Å²) in [4.78, 5) is 22.9. The number of nitrogens with two attached hydrogens (primary N) is 1. The van der Waals surface area contributed by atoms with Gasteiger partial charge in [0.25, 0.3) is 0 Å². The van der Waals surface area contributed by atoms with E-state index in [9.17, 15) is 9.59 Å². The van der Waals surface area contributed by atoms with Gasteiger partial charge in [0.2, 0.25) is 0 Å². The topological polar surface area (TPSA) is 93.5 Å². The van der Waals surface area contributed by atoms with E-state index in [2.05, 4.69) is 0 Å². The van der Waals surface area contributed by atoms with Crippen molar-refractivity contribution in [2.24, 2.45) is 5.73 Å². The Hall–Kier alpha value is -2.40. The molecule has 0 aliphatic heterocycles. The summed E-state index contributed by atoms with van der Waals surface area (Å²) < 4.78 is 5.10. The smallest absolute Gasteiger partial charge is 0.305 e. The summed E-state index contributed by atoms with van der Waals surface area (Å²) in [6.45, 7) is 0. The molecule has 0 spiro atoms. The SMILES string of the molecule is NC(CC(=O)O)c1cocc(-c2ccccc2)c1=O. The van der Waals surface area contributed by atoms with Gasteiger partial charge in [0, 0.05) is 6.04 Å². The van der Waals surface area contributed by atoms with E-state index in [4.69, 9.17) is 15.3 Å². The second-order valence-electron chi connectivity index (χ2n) is 4.14. The van der Waals surface area contributed by atoms with Crippen LogP contribution in [0.15, 0.2) is 52.1 Å². The zero-order valence-corrected chi connectivity index (χ0v) is 10.1. The second-order valence-corrected chi connectivity index (χ2v) is 4.14. The molecule has 1 aromatic carbocycles. The Bertz CT molecular complexity index is 633. The normalized spacial score (nSPS) is 12.1. The van der Waals surface area contributed by atoms with Crippen molar-refractivity contribution in [1.29, 1.82) is 0 Å². The van der Waals surface area contributed by atoms with E-state index in [0.717, 1.165) is 0 Å². The molecule has 0 aliphatic rings. The van der Waals surface area contributed by atoms with Gasteiger partial charge in [-0.05, 0) is 5.56 Å². The van der Waals surface area contributed by atoms with Crippen LogP contribution in [0, 0.1) is 0 Å². The van der Waals surface area contributed by atoms with Gasteiger partial charge in [-0.15, -0.1) is 0 Å². The van der Waals surface area contributed by atoms with Gasteiger partial charge < -0.3 is 15.3 Å².